The second-order valence-corrected chi connectivity index (χ2v) is 20.0. The second-order valence-electron chi connectivity index (χ2n) is 20.0. The topological polar surface area (TPSA) is 77.5 Å². The van der Waals surface area contributed by atoms with Crippen molar-refractivity contribution in [1.29, 1.82) is 0 Å². The summed E-state index contributed by atoms with van der Waals surface area (Å²) in [5.41, 5.74) is 0.217. The largest absolute Gasteiger partial charge is 0.457 e. The van der Waals surface area contributed by atoms with E-state index in [0.717, 1.165) is 63.1 Å². The van der Waals surface area contributed by atoms with Crippen LogP contribution in [0.4, 0.5) is 0 Å². The Hall–Kier alpha value is -0.730. The molecule has 0 aromatic rings. The highest BCUT2D eigenvalue weighted by molar-refractivity contribution is 5.66. The Kier molecular flexibility index (Phi) is 8.95. The van der Waals surface area contributed by atoms with Crippen LogP contribution in [0.1, 0.15) is 138 Å². The Labute approximate surface area is 297 Å². The summed E-state index contributed by atoms with van der Waals surface area (Å²) < 4.78 is 26.0. The van der Waals surface area contributed by atoms with Gasteiger partial charge in [0.05, 0.1) is 30.5 Å². The summed E-state index contributed by atoms with van der Waals surface area (Å²) in [4.78, 5) is 14.7. The fraction of sp³-hybridized carbons (Fsp3) is 0.976. The van der Waals surface area contributed by atoms with Gasteiger partial charge >= 0.3 is 5.97 Å². The predicted octanol–water partition coefficient (Wildman–Crippen LogP) is 7.77. The molecule has 8 rings (SSSR count). The standard InChI is InChI=1S/C42H69NO6/c1-26-41-20-19-40(7)30-13-15-32(37(39(5,6)45)47-27(2)44)48-33(30)23-31(40)29(41)14-16-34-38(3,4)35(17-18-42(26,34)41)49-36-25-43(21-22-46-36)24-28-11-9-8-10-12-28/h26,28-37,45H,8-25H2,1-7H3/t26-,29?,30?,31?,32?,33?,34?,35-,36?,37-,40+,41-,42?/m0/s1. The van der Waals surface area contributed by atoms with Crippen molar-refractivity contribution in [2.24, 2.45) is 57.2 Å². The van der Waals surface area contributed by atoms with E-state index in [1.165, 1.54) is 77.7 Å². The number of morpholine rings is 1. The van der Waals surface area contributed by atoms with Crippen LogP contribution in [0.15, 0.2) is 0 Å². The number of rotatable bonds is 7. The maximum absolute atomic E-state index is 12.0. The summed E-state index contributed by atoms with van der Waals surface area (Å²) in [6, 6.07) is 0. The Morgan fingerprint density at radius 3 is 2.43 bits per heavy atom. The van der Waals surface area contributed by atoms with Crippen LogP contribution in [0.25, 0.3) is 0 Å². The summed E-state index contributed by atoms with van der Waals surface area (Å²) in [6.45, 7) is 19.3. The first-order chi connectivity index (χ1) is 23.2. The van der Waals surface area contributed by atoms with Crippen molar-refractivity contribution in [1.82, 2.24) is 4.90 Å². The van der Waals surface area contributed by atoms with E-state index in [1.54, 1.807) is 13.8 Å². The van der Waals surface area contributed by atoms with Crippen LogP contribution in [0, 0.1) is 57.2 Å². The van der Waals surface area contributed by atoms with Gasteiger partial charge in [0.2, 0.25) is 0 Å². The van der Waals surface area contributed by atoms with E-state index >= 15 is 0 Å². The second kappa shape index (κ2) is 12.4. The van der Waals surface area contributed by atoms with Gasteiger partial charge in [0.1, 0.15) is 0 Å². The zero-order valence-electron chi connectivity index (χ0n) is 32.0. The third-order valence-corrected chi connectivity index (χ3v) is 17.2. The lowest BCUT2D eigenvalue weighted by Crippen LogP contribution is -2.56. The first kappa shape index (κ1) is 35.3. The van der Waals surface area contributed by atoms with Gasteiger partial charge in [0.15, 0.2) is 12.4 Å². The van der Waals surface area contributed by atoms with Gasteiger partial charge in [-0.15, -0.1) is 0 Å². The molecule has 0 amide bonds. The molecule has 49 heavy (non-hydrogen) atoms. The van der Waals surface area contributed by atoms with Gasteiger partial charge in [0.25, 0.3) is 0 Å². The van der Waals surface area contributed by atoms with Crippen LogP contribution in [0.5, 0.6) is 0 Å². The average Bonchev–Trinajstić information content (AvgIpc) is 3.43. The lowest BCUT2D eigenvalue weighted by molar-refractivity contribution is -0.246. The quantitative estimate of drug-likeness (QED) is 0.275. The molecule has 0 bridgehead atoms. The van der Waals surface area contributed by atoms with E-state index in [1.807, 2.05) is 0 Å². The molecule has 6 aliphatic carbocycles. The van der Waals surface area contributed by atoms with Crippen molar-refractivity contribution in [3.63, 3.8) is 0 Å². The average molecular weight is 684 g/mol. The highest BCUT2D eigenvalue weighted by Crippen LogP contribution is 2.89. The molecule has 8 unspecified atom stereocenters. The summed E-state index contributed by atoms with van der Waals surface area (Å²) in [7, 11) is 0. The van der Waals surface area contributed by atoms with Gasteiger partial charge in [0, 0.05) is 26.6 Å². The molecule has 8 aliphatic rings. The maximum Gasteiger partial charge on any atom is 0.303 e. The molecule has 2 heterocycles. The first-order valence-corrected chi connectivity index (χ1v) is 20.8. The number of hydrogen-bond acceptors (Lipinski definition) is 7. The molecular weight excluding hydrogens is 614 g/mol. The molecule has 8 fully saturated rings. The molecule has 7 nitrogen and oxygen atoms in total. The lowest BCUT2D eigenvalue weighted by Gasteiger charge is -2.60. The number of hydrogen-bond donors (Lipinski definition) is 1. The molecule has 0 radical (unpaired) electrons. The van der Waals surface area contributed by atoms with Gasteiger partial charge in [-0.2, -0.15) is 0 Å². The fourth-order valence-electron chi connectivity index (χ4n) is 15.2. The molecule has 13 atom stereocenters. The van der Waals surface area contributed by atoms with E-state index in [2.05, 4.69) is 32.6 Å². The van der Waals surface area contributed by atoms with E-state index < -0.39 is 11.7 Å². The van der Waals surface area contributed by atoms with Crippen molar-refractivity contribution in [3.05, 3.63) is 0 Å². The van der Waals surface area contributed by atoms with Gasteiger partial charge < -0.3 is 24.1 Å². The smallest absolute Gasteiger partial charge is 0.303 e. The zero-order valence-corrected chi connectivity index (χ0v) is 32.0. The Bertz CT molecular complexity index is 1240. The number of fused-ring (bicyclic) bond motifs is 4. The zero-order chi connectivity index (χ0) is 34.6. The molecule has 7 heteroatoms. The van der Waals surface area contributed by atoms with Gasteiger partial charge in [-0.05, 0) is 142 Å². The number of carbonyl (C=O) groups is 1. The van der Waals surface area contributed by atoms with Crippen molar-refractivity contribution in [2.75, 3.05) is 26.2 Å². The van der Waals surface area contributed by atoms with E-state index in [4.69, 9.17) is 18.9 Å². The van der Waals surface area contributed by atoms with Crippen LogP contribution >= 0.6 is 0 Å². The lowest BCUT2D eigenvalue weighted by atomic mass is 9.46. The highest BCUT2D eigenvalue weighted by atomic mass is 16.7. The Morgan fingerprint density at radius 1 is 0.939 bits per heavy atom. The van der Waals surface area contributed by atoms with Crippen LogP contribution in [0.3, 0.4) is 0 Å². The normalized spacial score (nSPS) is 48.7. The van der Waals surface area contributed by atoms with Gasteiger partial charge in [-0.25, -0.2) is 0 Å². The van der Waals surface area contributed by atoms with Gasteiger partial charge in [-0.1, -0.05) is 47.0 Å². The minimum atomic E-state index is -1.14. The summed E-state index contributed by atoms with van der Waals surface area (Å²) >= 11 is 0. The predicted molar refractivity (Wildman–Crippen MR) is 190 cm³/mol. The third kappa shape index (κ3) is 5.45. The number of aliphatic hydroxyl groups is 1. The monoisotopic (exact) mass is 684 g/mol. The number of nitrogens with zero attached hydrogens (tertiary/aromatic N) is 1. The minimum Gasteiger partial charge on any atom is -0.457 e. The van der Waals surface area contributed by atoms with E-state index in [9.17, 15) is 9.90 Å². The first-order valence-electron chi connectivity index (χ1n) is 20.8. The minimum absolute atomic E-state index is 0.0875. The van der Waals surface area contributed by atoms with Gasteiger partial charge in [-0.3, -0.25) is 9.69 Å². The molecule has 2 spiro atoms. The molecule has 1 N–H and O–H groups in total. The van der Waals surface area contributed by atoms with Crippen molar-refractivity contribution < 1.29 is 28.8 Å². The van der Waals surface area contributed by atoms with Crippen LogP contribution in [-0.2, 0) is 23.7 Å². The Balaban J connectivity index is 0.957. The molecule has 2 aliphatic heterocycles. The Morgan fingerprint density at radius 2 is 1.69 bits per heavy atom. The van der Waals surface area contributed by atoms with E-state index in [0.29, 0.717) is 34.0 Å². The van der Waals surface area contributed by atoms with Crippen LogP contribution in [0.2, 0.25) is 0 Å². The molecule has 2 saturated heterocycles. The third-order valence-electron chi connectivity index (χ3n) is 17.2. The van der Waals surface area contributed by atoms with Crippen molar-refractivity contribution in [2.45, 2.75) is 175 Å². The van der Waals surface area contributed by atoms with Crippen molar-refractivity contribution in [3.8, 4) is 0 Å². The molecule has 0 aromatic heterocycles. The van der Waals surface area contributed by atoms with Crippen molar-refractivity contribution >= 4 is 5.97 Å². The molecule has 278 valence electrons. The fourth-order valence-corrected chi connectivity index (χ4v) is 15.2. The summed E-state index contributed by atoms with van der Waals surface area (Å²) in [5, 5.41) is 11.0. The molecular formula is C42H69NO6. The number of ether oxygens (including phenoxy) is 4. The van der Waals surface area contributed by atoms with Crippen LogP contribution < -0.4 is 0 Å². The van der Waals surface area contributed by atoms with E-state index in [-0.39, 0.29) is 36.0 Å². The highest BCUT2D eigenvalue weighted by Gasteiger charge is 2.84. The number of carbonyl (C=O) groups excluding carboxylic acids is 1. The summed E-state index contributed by atoms with van der Waals surface area (Å²) in [6.07, 6.45) is 17.4. The number of esters is 1. The summed E-state index contributed by atoms with van der Waals surface area (Å²) in [5.74, 6) is 4.02. The molecule has 0 aromatic carbocycles. The maximum atomic E-state index is 12.0. The van der Waals surface area contributed by atoms with Crippen LogP contribution in [-0.4, -0.2) is 78.5 Å². The SMILES string of the molecule is CC(=O)O[C@@H](C1CCC2C(CC3C4CCC5C(C)(C)[C@@H](OC6CN(CC7CCCCC7)CCO6)CCC56[C@@H](C)[C@@]46CC[C@]23C)O1)C(C)(C)O. The molecule has 6 saturated carbocycles.